The van der Waals surface area contributed by atoms with E-state index < -0.39 is 0 Å². The lowest BCUT2D eigenvalue weighted by molar-refractivity contribution is 0.265. The van der Waals surface area contributed by atoms with Crippen LogP contribution in [0.5, 0.6) is 0 Å². The standard InChI is InChI=1S/C24H25ClN6/c25-20-9-11-22(26-17-20)30-13-4-7-21(30)18-29-14-12-24-28-27-23(31(24)16-15-29)10-8-19-5-2-1-3-6-19/h1-7,9,11,13,17H,8,10,12,14-16,18H2. The predicted molar refractivity (Wildman–Crippen MR) is 121 cm³/mol. The van der Waals surface area contributed by atoms with Gasteiger partial charge in [-0.1, -0.05) is 41.9 Å². The molecule has 0 saturated carbocycles. The molecule has 3 aromatic heterocycles. The number of aryl methyl sites for hydroxylation is 2. The molecule has 5 rings (SSSR count). The summed E-state index contributed by atoms with van der Waals surface area (Å²) in [6, 6.07) is 18.6. The summed E-state index contributed by atoms with van der Waals surface area (Å²) in [5, 5.41) is 9.63. The smallest absolute Gasteiger partial charge is 0.136 e. The highest BCUT2D eigenvalue weighted by atomic mass is 35.5. The second-order valence-electron chi connectivity index (χ2n) is 7.90. The average Bonchev–Trinajstić information content (AvgIpc) is 3.36. The number of hydrogen-bond acceptors (Lipinski definition) is 4. The van der Waals surface area contributed by atoms with Crippen LogP contribution in [-0.2, 0) is 32.4 Å². The molecule has 0 N–H and O–H groups in total. The number of aromatic nitrogens is 5. The van der Waals surface area contributed by atoms with Crippen LogP contribution >= 0.6 is 11.6 Å². The van der Waals surface area contributed by atoms with Crippen LogP contribution in [0.4, 0.5) is 0 Å². The molecule has 1 aromatic carbocycles. The predicted octanol–water partition coefficient (Wildman–Crippen LogP) is 3.96. The van der Waals surface area contributed by atoms with Crippen molar-refractivity contribution in [3.05, 3.63) is 94.9 Å². The van der Waals surface area contributed by atoms with Crippen LogP contribution < -0.4 is 0 Å². The van der Waals surface area contributed by atoms with E-state index in [1.54, 1.807) is 6.20 Å². The van der Waals surface area contributed by atoms with E-state index in [1.807, 2.05) is 12.1 Å². The second kappa shape index (κ2) is 9.04. The molecule has 1 aliphatic heterocycles. The minimum absolute atomic E-state index is 0.649. The second-order valence-corrected chi connectivity index (χ2v) is 8.34. The Morgan fingerprint density at radius 1 is 0.871 bits per heavy atom. The Morgan fingerprint density at radius 2 is 1.77 bits per heavy atom. The molecule has 0 spiro atoms. The first-order valence-corrected chi connectivity index (χ1v) is 11.1. The molecule has 0 bridgehead atoms. The molecule has 4 aromatic rings. The van der Waals surface area contributed by atoms with Gasteiger partial charge >= 0.3 is 0 Å². The van der Waals surface area contributed by atoms with Gasteiger partial charge in [-0.2, -0.15) is 0 Å². The van der Waals surface area contributed by atoms with Crippen LogP contribution in [0.2, 0.25) is 5.02 Å². The number of hydrogen-bond donors (Lipinski definition) is 0. The fourth-order valence-corrected chi connectivity index (χ4v) is 4.29. The number of halogens is 1. The third kappa shape index (κ3) is 4.55. The molecule has 4 heterocycles. The van der Waals surface area contributed by atoms with Crippen molar-refractivity contribution in [2.75, 3.05) is 13.1 Å². The number of nitrogens with zero attached hydrogens (tertiary/aromatic N) is 6. The topological polar surface area (TPSA) is 51.8 Å². The van der Waals surface area contributed by atoms with Crippen LogP contribution in [0.15, 0.2) is 67.0 Å². The van der Waals surface area contributed by atoms with Gasteiger partial charge in [-0.05, 0) is 36.2 Å². The Labute approximate surface area is 187 Å². The molecule has 0 radical (unpaired) electrons. The highest BCUT2D eigenvalue weighted by Crippen LogP contribution is 2.17. The quantitative estimate of drug-likeness (QED) is 0.462. The van der Waals surface area contributed by atoms with Crippen LogP contribution in [0.3, 0.4) is 0 Å². The molecule has 6 nitrogen and oxygen atoms in total. The van der Waals surface area contributed by atoms with Gasteiger partial charge in [0.05, 0.1) is 5.02 Å². The molecule has 0 unspecified atom stereocenters. The number of benzene rings is 1. The van der Waals surface area contributed by atoms with Crippen molar-refractivity contribution in [2.45, 2.75) is 32.4 Å². The van der Waals surface area contributed by atoms with E-state index in [0.29, 0.717) is 5.02 Å². The zero-order valence-corrected chi connectivity index (χ0v) is 18.1. The molecular weight excluding hydrogens is 408 g/mol. The van der Waals surface area contributed by atoms with E-state index in [2.05, 4.69) is 77.9 Å². The van der Waals surface area contributed by atoms with Gasteiger partial charge in [-0.25, -0.2) is 4.98 Å². The highest BCUT2D eigenvalue weighted by molar-refractivity contribution is 6.30. The lowest BCUT2D eigenvalue weighted by atomic mass is 10.1. The Hall–Kier alpha value is -2.96. The summed E-state index contributed by atoms with van der Waals surface area (Å²) < 4.78 is 4.45. The minimum Gasteiger partial charge on any atom is -0.314 e. The SMILES string of the molecule is Clc1ccc(-n2cccc2CN2CCc3nnc(CCc4ccccc4)n3CC2)nc1. The monoisotopic (exact) mass is 432 g/mol. The summed E-state index contributed by atoms with van der Waals surface area (Å²) in [6.45, 7) is 3.74. The molecule has 0 aliphatic carbocycles. The van der Waals surface area contributed by atoms with Crippen LogP contribution in [0, 0.1) is 0 Å². The van der Waals surface area contributed by atoms with Crippen molar-refractivity contribution in [1.29, 1.82) is 0 Å². The molecule has 0 atom stereocenters. The van der Waals surface area contributed by atoms with Crippen molar-refractivity contribution >= 4 is 11.6 Å². The summed E-state index contributed by atoms with van der Waals surface area (Å²) in [5.74, 6) is 3.08. The molecule has 0 fully saturated rings. The van der Waals surface area contributed by atoms with E-state index >= 15 is 0 Å². The van der Waals surface area contributed by atoms with Gasteiger partial charge in [0.1, 0.15) is 17.5 Å². The van der Waals surface area contributed by atoms with E-state index in [0.717, 1.165) is 62.9 Å². The normalized spacial score (nSPS) is 14.4. The first-order chi connectivity index (χ1) is 15.3. The summed E-state index contributed by atoms with van der Waals surface area (Å²) in [6.07, 6.45) is 6.57. The summed E-state index contributed by atoms with van der Waals surface area (Å²) in [7, 11) is 0. The first-order valence-electron chi connectivity index (χ1n) is 10.7. The Morgan fingerprint density at radius 3 is 2.61 bits per heavy atom. The maximum Gasteiger partial charge on any atom is 0.136 e. The fourth-order valence-electron chi connectivity index (χ4n) is 4.18. The molecule has 0 saturated heterocycles. The molecular formula is C24H25ClN6. The Balaban J connectivity index is 1.25. The van der Waals surface area contributed by atoms with E-state index in [4.69, 9.17) is 11.6 Å². The van der Waals surface area contributed by atoms with Gasteiger partial charge in [0, 0.05) is 57.1 Å². The van der Waals surface area contributed by atoms with Crippen LogP contribution in [0.1, 0.15) is 22.9 Å². The number of rotatable bonds is 6. The van der Waals surface area contributed by atoms with Gasteiger partial charge in [0.2, 0.25) is 0 Å². The van der Waals surface area contributed by atoms with E-state index in [9.17, 15) is 0 Å². The third-order valence-electron chi connectivity index (χ3n) is 5.85. The molecule has 7 heteroatoms. The van der Waals surface area contributed by atoms with Gasteiger partial charge < -0.3 is 9.13 Å². The first kappa shape index (κ1) is 20.0. The maximum absolute atomic E-state index is 6.00. The van der Waals surface area contributed by atoms with Crippen molar-refractivity contribution in [2.24, 2.45) is 0 Å². The summed E-state index contributed by atoms with van der Waals surface area (Å²) in [5.41, 5.74) is 2.56. The Bertz CT molecular complexity index is 1130. The molecule has 158 valence electrons. The van der Waals surface area contributed by atoms with Gasteiger partial charge in [0.15, 0.2) is 0 Å². The number of fused-ring (bicyclic) bond motifs is 1. The lowest BCUT2D eigenvalue weighted by Gasteiger charge is -2.20. The molecule has 0 amide bonds. The zero-order valence-electron chi connectivity index (χ0n) is 17.4. The average molecular weight is 433 g/mol. The minimum atomic E-state index is 0.649. The van der Waals surface area contributed by atoms with Crippen molar-refractivity contribution < 1.29 is 0 Å². The summed E-state index contributed by atoms with van der Waals surface area (Å²) >= 11 is 6.00. The number of pyridine rings is 1. The van der Waals surface area contributed by atoms with Crippen LogP contribution in [-0.4, -0.2) is 42.3 Å². The van der Waals surface area contributed by atoms with Crippen LogP contribution in [0.25, 0.3) is 5.82 Å². The fraction of sp³-hybridized carbons (Fsp3) is 0.292. The molecule has 1 aliphatic rings. The largest absolute Gasteiger partial charge is 0.314 e. The van der Waals surface area contributed by atoms with E-state index in [-0.39, 0.29) is 0 Å². The highest BCUT2D eigenvalue weighted by Gasteiger charge is 2.19. The lowest BCUT2D eigenvalue weighted by Crippen LogP contribution is -2.27. The van der Waals surface area contributed by atoms with Gasteiger partial charge in [-0.15, -0.1) is 10.2 Å². The summed E-state index contributed by atoms with van der Waals surface area (Å²) in [4.78, 5) is 6.95. The third-order valence-corrected chi connectivity index (χ3v) is 6.08. The van der Waals surface area contributed by atoms with Crippen molar-refractivity contribution in [3.63, 3.8) is 0 Å². The van der Waals surface area contributed by atoms with Gasteiger partial charge in [-0.3, -0.25) is 4.90 Å². The maximum atomic E-state index is 6.00. The van der Waals surface area contributed by atoms with Crippen molar-refractivity contribution in [3.8, 4) is 5.82 Å². The zero-order chi connectivity index (χ0) is 21.0. The van der Waals surface area contributed by atoms with Crippen molar-refractivity contribution in [1.82, 2.24) is 29.2 Å². The van der Waals surface area contributed by atoms with Gasteiger partial charge in [0.25, 0.3) is 0 Å². The Kier molecular flexibility index (Phi) is 5.82. The van der Waals surface area contributed by atoms with E-state index in [1.165, 1.54) is 11.3 Å². The molecule has 31 heavy (non-hydrogen) atoms.